The van der Waals surface area contributed by atoms with Crippen LogP contribution in [0.3, 0.4) is 0 Å². The second-order valence-electron chi connectivity index (χ2n) is 6.58. The third kappa shape index (κ3) is 4.63. The SMILES string of the molecule is CCCCNC1C=C(c2ccc(Br)cc2)N(C(=O)c2ccccc2)CC1. The number of unbranched alkanes of at least 4 members (excludes halogenated alkanes) is 1. The zero-order chi connectivity index (χ0) is 18.4. The highest BCUT2D eigenvalue weighted by Crippen LogP contribution is 2.28. The molecule has 136 valence electrons. The predicted octanol–water partition coefficient (Wildman–Crippen LogP) is 5.09. The van der Waals surface area contributed by atoms with Gasteiger partial charge in [0.05, 0.1) is 0 Å². The molecule has 1 aliphatic rings. The van der Waals surface area contributed by atoms with Gasteiger partial charge in [-0.15, -0.1) is 0 Å². The molecular formula is C22H25BrN2O. The van der Waals surface area contributed by atoms with Crippen molar-refractivity contribution >= 4 is 27.5 Å². The number of halogens is 1. The van der Waals surface area contributed by atoms with Crippen molar-refractivity contribution in [1.82, 2.24) is 10.2 Å². The first-order chi connectivity index (χ1) is 12.7. The van der Waals surface area contributed by atoms with E-state index in [-0.39, 0.29) is 5.91 Å². The molecule has 1 amide bonds. The third-order valence-electron chi connectivity index (χ3n) is 4.66. The summed E-state index contributed by atoms with van der Waals surface area (Å²) < 4.78 is 1.04. The maximum atomic E-state index is 13.1. The fraction of sp³-hybridized carbons (Fsp3) is 0.318. The van der Waals surface area contributed by atoms with E-state index in [1.165, 1.54) is 12.8 Å². The van der Waals surface area contributed by atoms with Gasteiger partial charge in [0.25, 0.3) is 5.91 Å². The van der Waals surface area contributed by atoms with Crippen molar-refractivity contribution in [2.75, 3.05) is 13.1 Å². The summed E-state index contributed by atoms with van der Waals surface area (Å²) >= 11 is 3.49. The van der Waals surface area contributed by atoms with Crippen molar-refractivity contribution in [1.29, 1.82) is 0 Å². The Morgan fingerprint density at radius 2 is 1.88 bits per heavy atom. The van der Waals surface area contributed by atoms with Gasteiger partial charge >= 0.3 is 0 Å². The van der Waals surface area contributed by atoms with Gasteiger partial charge in [0.1, 0.15) is 0 Å². The van der Waals surface area contributed by atoms with E-state index in [1.54, 1.807) is 0 Å². The number of benzene rings is 2. The van der Waals surface area contributed by atoms with Gasteiger partial charge < -0.3 is 10.2 Å². The van der Waals surface area contributed by atoms with Gasteiger partial charge in [-0.3, -0.25) is 4.79 Å². The van der Waals surface area contributed by atoms with Crippen LogP contribution in [-0.2, 0) is 0 Å². The molecule has 0 aliphatic carbocycles. The zero-order valence-electron chi connectivity index (χ0n) is 15.1. The van der Waals surface area contributed by atoms with E-state index in [9.17, 15) is 4.79 Å². The molecular weight excluding hydrogens is 388 g/mol. The van der Waals surface area contributed by atoms with Crippen LogP contribution in [0, 0.1) is 0 Å². The van der Waals surface area contributed by atoms with Crippen molar-refractivity contribution in [2.24, 2.45) is 0 Å². The molecule has 1 heterocycles. The molecule has 0 bridgehead atoms. The van der Waals surface area contributed by atoms with Gasteiger partial charge in [-0.25, -0.2) is 0 Å². The molecule has 0 saturated heterocycles. The maximum Gasteiger partial charge on any atom is 0.258 e. The molecule has 0 fully saturated rings. The first-order valence-electron chi connectivity index (χ1n) is 9.27. The van der Waals surface area contributed by atoms with Crippen molar-refractivity contribution in [3.63, 3.8) is 0 Å². The molecule has 0 saturated carbocycles. The van der Waals surface area contributed by atoms with Crippen LogP contribution in [0.1, 0.15) is 42.1 Å². The molecule has 1 N–H and O–H groups in total. The Hall–Kier alpha value is -1.91. The Morgan fingerprint density at radius 3 is 2.58 bits per heavy atom. The summed E-state index contributed by atoms with van der Waals surface area (Å²) in [6, 6.07) is 18.0. The predicted molar refractivity (Wildman–Crippen MR) is 111 cm³/mol. The summed E-state index contributed by atoms with van der Waals surface area (Å²) in [6.45, 7) is 3.93. The minimum atomic E-state index is 0.0618. The topological polar surface area (TPSA) is 32.3 Å². The Kier molecular flexibility index (Phi) is 6.64. The molecule has 1 atom stereocenters. The molecule has 2 aromatic carbocycles. The minimum Gasteiger partial charge on any atom is -0.310 e. The molecule has 3 nitrogen and oxygen atoms in total. The monoisotopic (exact) mass is 412 g/mol. The molecule has 4 heteroatoms. The number of nitrogens with one attached hydrogen (secondary N) is 1. The average molecular weight is 413 g/mol. The average Bonchev–Trinajstić information content (AvgIpc) is 2.69. The summed E-state index contributed by atoms with van der Waals surface area (Å²) in [4.78, 5) is 15.0. The van der Waals surface area contributed by atoms with Gasteiger partial charge in [-0.05, 0) is 55.3 Å². The molecule has 0 aromatic heterocycles. The van der Waals surface area contributed by atoms with E-state index >= 15 is 0 Å². The molecule has 1 aliphatic heterocycles. The number of hydrogen-bond acceptors (Lipinski definition) is 2. The number of rotatable bonds is 6. The van der Waals surface area contributed by atoms with E-state index < -0.39 is 0 Å². The smallest absolute Gasteiger partial charge is 0.258 e. The Morgan fingerprint density at radius 1 is 1.15 bits per heavy atom. The summed E-state index contributed by atoms with van der Waals surface area (Å²) in [5, 5.41) is 3.61. The first-order valence-corrected chi connectivity index (χ1v) is 10.1. The fourth-order valence-corrected chi connectivity index (χ4v) is 3.46. The summed E-state index contributed by atoms with van der Waals surface area (Å²) in [7, 11) is 0. The van der Waals surface area contributed by atoms with Crippen molar-refractivity contribution in [3.8, 4) is 0 Å². The highest BCUT2D eigenvalue weighted by Gasteiger charge is 2.26. The minimum absolute atomic E-state index is 0.0618. The molecule has 3 rings (SSSR count). The fourth-order valence-electron chi connectivity index (χ4n) is 3.20. The number of hydrogen-bond donors (Lipinski definition) is 1. The van der Waals surface area contributed by atoms with E-state index in [0.717, 1.165) is 40.8 Å². The standard InChI is InChI=1S/C22H25BrN2O/c1-2-3-14-24-20-13-15-25(22(26)18-7-5-4-6-8-18)21(16-20)17-9-11-19(23)12-10-17/h4-12,16,20,24H,2-3,13-15H2,1H3. The molecule has 0 spiro atoms. The highest BCUT2D eigenvalue weighted by atomic mass is 79.9. The van der Waals surface area contributed by atoms with Crippen LogP contribution in [0.5, 0.6) is 0 Å². The van der Waals surface area contributed by atoms with Crippen LogP contribution in [0.2, 0.25) is 0 Å². The number of nitrogens with zero attached hydrogens (tertiary/aromatic N) is 1. The van der Waals surface area contributed by atoms with Crippen LogP contribution in [-0.4, -0.2) is 29.9 Å². The highest BCUT2D eigenvalue weighted by molar-refractivity contribution is 9.10. The molecule has 2 aromatic rings. The van der Waals surface area contributed by atoms with E-state index in [4.69, 9.17) is 0 Å². The van der Waals surface area contributed by atoms with Gasteiger partial charge in [0.15, 0.2) is 0 Å². The zero-order valence-corrected chi connectivity index (χ0v) is 16.7. The van der Waals surface area contributed by atoms with Crippen molar-refractivity contribution in [3.05, 3.63) is 76.3 Å². The van der Waals surface area contributed by atoms with Gasteiger partial charge in [0.2, 0.25) is 0 Å². The second kappa shape index (κ2) is 9.15. The van der Waals surface area contributed by atoms with E-state index in [2.05, 4.69) is 46.4 Å². The second-order valence-corrected chi connectivity index (χ2v) is 7.50. The molecule has 1 unspecified atom stereocenters. The Bertz CT molecular complexity index is 755. The third-order valence-corrected chi connectivity index (χ3v) is 5.18. The van der Waals surface area contributed by atoms with Crippen LogP contribution in [0.25, 0.3) is 5.70 Å². The number of carbonyl (C=O) groups excluding carboxylic acids is 1. The van der Waals surface area contributed by atoms with E-state index in [0.29, 0.717) is 6.04 Å². The van der Waals surface area contributed by atoms with Crippen molar-refractivity contribution in [2.45, 2.75) is 32.2 Å². The summed E-state index contributed by atoms with van der Waals surface area (Å²) in [6.07, 6.45) is 5.50. The lowest BCUT2D eigenvalue weighted by Gasteiger charge is -2.33. The lowest BCUT2D eigenvalue weighted by Crippen LogP contribution is -2.41. The summed E-state index contributed by atoms with van der Waals surface area (Å²) in [5.41, 5.74) is 2.79. The lowest BCUT2D eigenvalue weighted by molar-refractivity contribution is 0.0826. The van der Waals surface area contributed by atoms with Crippen LogP contribution in [0.4, 0.5) is 0 Å². The normalized spacial score (nSPS) is 17.1. The Labute approximate surface area is 164 Å². The van der Waals surface area contributed by atoms with Gasteiger partial charge in [-0.2, -0.15) is 0 Å². The van der Waals surface area contributed by atoms with E-state index in [1.807, 2.05) is 47.4 Å². The van der Waals surface area contributed by atoms with Crippen LogP contribution < -0.4 is 5.32 Å². The largest absolute Gasteiger partial charge is 0.310 e. The van der Waals surface area contributed by atoms with Gasteiger partial charge in [0, 0.05) is 28.3 Å². The lowest BCUT2D eigenvalue weighted by atomic mass is 10.00. The number of carbonyl (C=O) groups is 1. The first kappa shape index (κ1) is 18.9. The maximum absolute atomic E-state index is 13.1. The summed E-state index contributed by atoms with van der Waals surface area (Å²) in [5.74, 6) is 0.0618. The van der Waals surface area contributed by atoms with Crippen LogP contribution >= 0.6 is 15.9 Å². The van der Waals surface area contributed by atoms with Crippen molar-refractivity contribution < 1.29 is 4.79 Å². The molecule has 0 radical (unpaired) electrons. The van der Waals surface area contributed by atoms with Crippen LogP contribution in [0.15, 0.2) is 65.1 Å². The Balaban J connectivity index is 1.89. The molecule has 26 heavy (non-hydrogen) atoms. The van der Waals surface area contributed by atoms with Gasteiger partial charge in [-0.1, -0.05) is 59.6 Å². The number of amides is 1. The quantitative estimate of drug-likeness (QED) is 0.669.